The topological polar surface area (TPSA) is 80.5 Å². The van der Waals surface area contributed by atoms with Crippen LogP contribution in [0.3, 0.4) is 0 Å². The summed E-state index contributed by atoms with van der Waals surface area (Å²) >= 11 is 12.3. The number of likely N-dealkylation sites (tertiary alicyclic amines) is 1. The molecule has 2 aromatic rings. The van der Waals surface area contributed by atoms with Gasteiger partial charge < -0.3 is 20.7 Å². The molecule has 150 valence electrons. The average molecular weight is 423 g/mol. The number of halogens is 2. The van der Waals surface area contributed by atoms with Crippen LogP contribution in [0.4, 0.5) is 5.82 Å². The highest BCUT2D eigenvalue weighted by Crippen LogP contribution is 2.27. The van der Waals surface area contributed by atoms with Crippen LogP contribution in [-0.2, 0) is 6.61 Å². The number of nitrogens with two attached hydrogens (primary N) is 1. The fourth-order valence-electron chi connectivity index (χ4n) is 3.24. The number of pyridine rings is 1. The van der Waals surface area contributed by atoms with E-state index in [0.29, 0.717) is 26.9 Å². The van der Waals surface area contributed by atoms with E-state index >= 15 is 0 Å². The third-order valence-electron chi connectivity index (χ3n) is 4.87. The first-order chi connectivity index (χ1) is 13.5. The minimum atomic E-state index is -0.184. The number of benzene rings is 1. The predicted octanol–water partition coefficient (Wildman–Crippen LogP) is 3.76. The molecular weight excluding hydrogens is 399 g/mol. The van der Waals surface area contributed by atoms with E-state index in [1.54, 1.807) is 24.3 Å². The number of hydrogen-bond acceptors (Lipinski definition) is 5. The first kappa shape index (κ1) is 20.7. The molecule has 1 saturated heterocycles. The first-order valence-corrected chi connectivity index (χ1v) is 10.1. The summed E-state index contributed by atoms with van der Waals surface area (Å²) in [6, 6.07) is 6.97. The van der Waals surface area contributed by atoms with Crippen molar-refractivity contribution in [2.45, 2.75) is 32.4 Å². The lowest BCUT2D eigenvalue weighted by atomic mass is 10.1. The number of nitrogens with one attached hydrogen (secondary N) is 1. The summed E-state index contributed by atoms with van der Waals surface area (Å²) in [4.78, 5) is 19.1. The molecule has 0 bridgehead atoms. The number of nitrogens with zero attached hydrogens (tertiary/aromatic N) is 2. The van der Waals surface area contributed by atoms with Crippen molar-refractivity contribution in [2.75, 3.05) is 25.4 Å². The number of ether oxygens (including phenoxy) is 1. The predicted molar refractivity (Wildman–Crippen MR) is 112 cm³/mol. The van der Waals surface area contributed by atoms with Gasteiger partial charge >= 0.3 is 0 Å². The Balaban J connectivity index is 1.68. The van der Waals surface area contributed by atoms with E-state index in [9.17, 15) is 4.79 Å². The van der Waals surface area contributed by atoms with Gasteiger partial charge in [-0.25, -0.2) is 4.98 Å². The van der Waals surface area contributed by atoms with Gasteiger partial charge in [0, 0.05) is 34.4 Å². The molecule has 0 saturated carbocycles. The molecular formula is C20H24Cl2N4O2. The normalized spacial score (nSPS) is 17.3. The molecule has 3 N–H and O–H groups in total. The van der Waals surface area contributed by atoms with Gasteiger partial charge in [0.15, 0.2) is 11.6 Å². The van der Waals surface area contributed by atoms with E-state index in [0.717, 1.165) is 32.5 Å². The van der Waals surface area contributed by atoms with E-state index in [1.165, 1.54) is 6.20 Å². The largest absolute Gasteiger partial charge is 0.485 e. The maximum absolute atomic E-state index is 12.6. The van der Waals surface area contributed by atoms with Crippen LogP contribution in [-0.4, -0.2) is 41.5 Å². The van der Waals surface area contributed by atoms with Crippen molar-refractivity contribution in [3.8, 4) is 5.75 Å². The van der Waals surface area contributed by atoms with E-state index < -0.39 is 0 Å². The number of anilines is 1. The zero-order chi connectivity index (χ0) is 20.1. The van der Waals surface area contributed by atoms with Gasteiger partial charge in [-0.3, -0.25) is 4.79 Å². The van der Waals surface area contributed by atoms with E-state index in [4.69, 9.17) is 33.7 Å². The zero-order valence-electron chi connectivity index (χ0n) is 15.8. The molecule has 6 nitrogen and oxygen atoms in total. The smallest absolute Gasteiger partial charge is 0.253 e. The molecule has 1 aromatic carbocycles. The zero-order valence-corrected chi connectivity index (χ0v) is 17.3. The third kappa shape index (κ3) is 5.07. The highest BCUT2D eigenvalue weighted by molar-refractivity contribution is 6.35. The van der Waals surface area contributed by atoms with Gasteiger partial charge in [0.1, 0.15) is 6.61 Å². The number of carbonyl (C=O) groups excluding carboxylic acids is 1. The lowest BCUT2D eigenvalue weighted by Crippen LogP contribution is -2.47. The molecule has 0 spiro atoms. The van der Waals surface area contributed by atoms with Crippen LogP contribution >= 0.6 is 23.2 Å². The third-order valence-corrected chi connectivity index (χ3v) is 5.57. The molecule has 0 aliphatic carbocycles. The number of carbonyl (C=O) groups is 1. The molecule has 1 amide bonds. The monoisotopic (exact) mass is 422 g/mol. The van der Waals surface area contributed by atoms with Crippen molar-refractivity contribution in [3.63, 3.8) is 0 Å². The Labute approximate surface area is 175 Å². The van der Waals surface area contributed by atoms with Gasteiger partial charge in [0.2, 0.25) is 0 Å². The summed E-state index contributed by atoms with van der Waals surface area (Å²) in [5.41, 5.74) is 6.97. The summed E-state index contributed by atoms with van der Waals surface area (Å²) in [5, 5.41) is 4.09. The minimum absolute atomic E-state index is 0.129. The van der Waals surface area contributed by atoms with Crippen molar-refractivity contribution >= 4 is 34.9 Å². The van der Waals surface area contributed by atoms with E-state index in [2.05, 4.69) is 22.1 Å². The van der Waals surface area contributed by atoms with Crippen molar-refractivity contribution in [1.82, 2.24) is 15.2 Å². The fourth-order valence-corrected chi connectivity index (χ4v) is 3.75. The average Bonchev–Trinajstić information content (AvgIpc) is 2.69. The summed E-state index contributed by atoms with van der Waals surface area (Å²) in [7, 11) is 0. The molecule has 2 heterocycles. The number of likely N-dealkylation sites (N-methyl/N-ethyl adjacent to an activating group) is 1. The van der Waals surface area contributed by atoms with Crippen LogP contribution in [0.15, 0.2) is 30.5 Å². The number of amides is 1. The summed E-state index contributed by atoms with van der Waals surface area (Å²) < 4.78 is 5.76. The Kier molecular flexibility index (Phi) is 6.99. The quantitative estimate of drug-likeness (QED) is 0.740. The highest BCUT2D eigenvalue weighted by Gasteiger charge is 2.21. The van der Waals surface area contributed by atoms with Crippen LogP contribution in [0.1, 0.15) is 35.7 Å². The fraction of sp³-hybridized carbons (Fsp3) is 0.400. The number of rotatable bonds is 6. The Hall–Kier alpha value is -2.02. The van der Waals surface area contributed by atoms with Crippen molar-refractivity contribution in [3.05, 3.63) is 51.6 Å². The molecule has 1 aliphatic heterocycles. The molecule has 1 aliphatic rings. The standard InChI is InChI=1S/C20H24Cl2N4O2/c1-2-26-8-4-5-14(11-26)25-20(27)13-9-18(19(23)24-10-13)28-12-15-16(21)6-3-7-17(15)22/h3,6-7,9-10,14H,2,4-5,8,11-12H2,1H3,(H2,23,24)(H,25,27). The summed E-state index contributed by atoms with van der Waals surface area (Å²) in [6.07, 6.45) is 3.51. The second-order valence-electron chi connectivity index (χ2n) is 6.80. The molecule has 1 aromatic heterocycles. The van der Waals surface area contributed by atoms with Crippen molar-refractivity contribution in [1.29, 1.82) is 0 Å². The summed E-state index contributed by atoms with van der Waals surface area (Å²) in [6.45, 7) is 5.18. The van der Waals surface area contributed by atoms with Gasteiger partial charge in [-0.15, -0.1) is 0 Å². The molecule has 1 unspecified atom stereocenters. The number of nitrogen functional groups attached to an aromatic ring is 1. The van der Waals surface area contributed by atoms with E-state index in [-0.39, 0.29) is 24.4 Å². The maximum atomic E-state index is 12.6. The lowest BCUT2D eigenvalue weighted by Gasteiger charge is -2.32. The number of piperidine rings is 1. The lowest BCUT2D eigenvalue weighted by molar-refractivity contribution is 0.0905. The Morgan fingerprint density at radius 2 is 2.14 bits per heavy atom. The number of hydrogen-bond donors (Lipinski definition) is 2. The van der Waals surface area contributed by atoms with E-state index in [1.807, 2.05) is 0 Å². The summed E-state index contributed by atoms with van der Waals surface area (Å²) in [5.74, 6) is 0.341. The van der Waals surface area contributed by atoms with Gasteiger partial charge in [-0.05, 0) is 44.1 Å². The Bertz CT molecular complexity index is 827. The van der Waals surface area contributed by atoms with Crippen molar-refractivity contribution in [2.24, 2.45) is 0 Å². The first-order valence-electron chi connectivity index (χ1n) is 9.32. The van der Waals surface area contributed by atoms with Crippen LogP contribution < -0.4 is 15.8 Å². The van der Waals surface area contributed by atoms with Crippen LogP contribution in [0.2, 0.25) is 10.0 Å². The van der Waals surface area contributed by atoms with Crippen molar-refractivity contribution < 1.29 is 9.53 Å². The van der Waals surface area contributed by atoms with Crippen LogP contribution in [0.25, 0.3) is 0 Å². The Morgan fingerprint density at radius 1 is 1.39 bits per heavy atom. The van der Waals surface area contributed by atoms with Gasteiger partial charge in [-0.1, -0.05) is 36.2 Å². The molecule has 1 fully saturated rings. The van der Waals surface area contributed by atoms with Gasteiger partial charge in [0.25, 0.3) is 5.91 Å². The second-order valence-corrected chi connectivity index (χ2v) is 7.62. The molecule has 0 radical (unpaired) electrons. The molecule has 28 heavy (non-hydrogen) atoms. The van der Waals surface area contributed by atoms with Crippen LogP contribution in [0, 0.1) is 0 Å². The minimum Gasteiger partial charge on any atom is -0.485 e. The molecule has 1 atom stereocenters. The molecule has 8 heteroatoms. The van der Waals surface area contributed by atoms with Crippen LogP contribution in [0.5, 0.6) is 5.75 Å². The molecule has 3 rings (SSSR count). The van der Waals surface area contributed by atoms with Gasteiger partial charge in [-0.2, -0.15) is 0 Å². The Morgan fingerprint density at radius 3 is 2.86 bits per heavy atom. The van der Waals surface area contributed by atoms with Gasteiger partial charge in [0.05, 0.1) is 5.56 Å². The SMILES string of the molecule is CCN1CCCC(NC(=O)c2cnc(N)c(OCc3c(Cl)cccc3Cl)c2)C1. The highest BCUT2D eigenvalue weighted by atomic mass is 35.5. The second kappa shape index (κ2) is 9.45. The number of aromatic nitrogens is 1. The maximum Gasteiger partial charge on any atom is 0.253 e.